The minimum Gasteiger partial charge on any atom is -0.465 e. The number of hydrogen-bond acceptors (Lipinski definition) is 3. The van der Waals surface area contributed by atoms with Crippen molar-refractivity contribution in [3.05, 3.63) is 34.4 Å². The number of rotatable bonds is 2. The van der Waals surface area contributed by atoms with Crippen molar-refractivity contribution in [2.24, 2.45) is 0 Å². The number of ether oxygens (including phenoxy) is 1. The zero-order valence-corrected chi connectivity index (χ0v) is 8.75. The summed E-state index contributed by atoms with van der Waals surface area (Å²) in [5, 5.41) is 8.77. The lowest BCUT2D eigenvalue weighted by Gasteiger charge is -2.10. The molecule has 5 heteroatoms. The third-order valence-electron chi connectivity index (χ3n) is 2.25. The largest absolute Gasteiger partial charge is 0.465 e. The van der Waals surface area contributed by atoms with E-state index in [1.807, 2.05) is 0 Å². The van der Waals surface area contributed by atoms with E-state index in [-0.39, 0.29) is 22.3 Å². The lowest BCUT2D eigenvalue weighted by Crippen LogP contribution is -2.09. The maximum Gasteiger partial charge on any atom is 0.339 e. The summed E-state index contributed by atoms with van der Waals surface area (Å²) in [7, 11) is 1.14. The molecule has 1 aromatic carbocycles. The van der Waals surface area contributed by atoms with Gasteiger partial charge in [0.1, 0.15) is 6.07 Å². The van der Waals surface area contributed by atoms with Crippen molar-refractivity contribution >= 4 is 5.97 Å². The van der Waals surface area contributed by atoms with E-state index >= 15 is 0 Å². The van der Waals surface area contributed by atoms with Gasteiger partial charge >= 0.3 is 5.97 Å². The zero-order valence-electron chi connectivity index (χ0n) is 8.75. The maximum absolute atomic E-state index is 12.6. The van der Waals surface area contributed by atoms with Crippen LogP contribution in [-0.2, 0) is 4.74 Å². The van der Waals surface area contributed by atoms with E-state index in [1.54, 1.807) is 6.07 Å². The molecule has 84 valence electrons. The first kappa shape index (κ1) is 12.1. The second kappa shape index (κ2) is 4.71. The lowest BCUT2D eigenvalue weighted by atomic mass is 9.97. The number of benzene rings is 1. The maximum atomic E-state index is 12.6. The van der Waals surface area contributed by atoms with Crippen LogP contribution in [0.15, 0.2) is 12.1 Å². The molecule has 0 spiro atoms. The first-order valence-electron chi connectivity index (χ1n) is 4.43. The highest BCUT2D eigenvalue weighted by Crippen LogP contribution is 2.27. The smallest absolute Gasteiger partial charge is 0.339 e. The Kier molecular flexibility index (Phi) is 3.56. The van der Waals surface area contributed by atoms with E-state index < -0.39 is 12.4 Å². The highest BCUT2D eigenvalue weighted by atomic mass is 19.3. The Balaban J connectivity index is 3.48. The van der Waals surface area contributed by atoms with Crippen molar-refractivity contribution in [2.75, 3.05) is 7.11 Å². The fraction of sp³-hybridized carbons (Fsp3) is 0.273. The Bertz CT molecular complexity index is 464. The van der Waals surface area contributed by atoms with E-state index in [4.69, 9.17) is 5.26 Å². The van der Waals surface area contributed by atoms with Crippen LogP contribution in [0.4, 0.5) is 8.78 Å². The molecule has 3 nitrogen and oxygen atoms in total. The van der Waals surface area contributed by atoms with Crippen molar-refractivity contribution in [2.45, 2.75) is 13.3 Å². The number of methoxy groups -OCH3 is 1. The fourth-order valence-corrected chi connectivity index (χ4v) is 1.42. The summed E-state index contributed by atoms with van der Waals surface area (Å²) in [6.07, 6.45) is -2.68. The topological polar surface area (TPSA) is 50.1 Å². The number of carbonyl (C=O) groups excluding carboxylic acids is 1. The van der Waals surface area contributed by atoms with Crippen LogP contribution in [-0.4, -0.2) is 13.1 Å². The Hall–Kier alpha value is -1.96. The second-order valence-corrected chi connectivity index (χ2v) is 3.11. The zero-order chi connectivity index (χ0) is 12.3. The Morgan fingerprint density at radius 1 is 1.50 bits per heavy atom. The minimum atomic E-state index is -2.68. The van der Waals surface area contributed by atoms with Crippen LogP contribution in [0.5, 0.6) is 0 Å². The quantitative estimate of drug-likeness (QED) is 0.727. The molecular weight excluding hydrogens is 216 g/mol. The SMILES string of the molecule is COC(=O)c1c(C#N)ccc(C(F)F)c1C. The van der Waals surface area contributed by atoms with E-state index in [1.165, 1.54) is 13.0 Å². The number of alkyl halides is 2. The molecule has 0 atom stereocenters. The van der Waals surface area contributed by atoms with Gasteiger partial charge in [-0.2, -0.15) is 5.26 Å². The molecule has 0 heterocycles. The first-order chi connectivity index (χ1) is 7.52. The van der Waals surface area contributed by atoms with Crippen LogP contribution in [0.3, 0.4) is 0 Å². The van der Waals surface area contributed by atoms with Gasteiger partial charge in [-0.05, 0) is 18.6 Å². The molecule has 0 aliphatic carbocycles. The summed E-state index contributed by atoms with van der Waals surface area (Å²) in [5.74, 6) is -0.781. The van der Waals surface area contributed by atoms with E-state index in [0.29, 0.717) is 0 Å². The highest BCUT2D eigenvalue weighted by Gasteiger charge is 2.21. The van der Waals surface area contributed by atoms with Crippen LogP contribution in [0.25, 0.3) is 0 Å². The van der Waals surface area contributed by atoms with Gasteiger partial charge in [-0.25, -0.2) is 13.6 Å². The molecule has 0 bridgehead atoms. The molecule has 0 aliphatic heterocycles. The van der Waals surface area contributed by atoms with Gasteiger partial charge in [-0.1, -0.05) is 6.07 Å². The summed E-state index contributed by atoms with van der Waals surface area (Å²) in [4.78, 5) is 11.4. The van der Waals surface area contributed by atoms with Crippen molar-refractivity contribution in [3.63, 3.8) is 0 Å². The molecule has 0 unspecified atom stereocenters. The van der Waals surface area contributed by atoms with E-state index in [9.17, 15) is 13.6 Å². The number of esters is 1. The number of hydrogen-bond donors (Lipinski definition) is 0. The normalized spacial score (nSPS) is 10.0. The molecule has 0 saturated carbocycles. The molecule has 0 radical (unpaired) electrons. The van der Waals surface area contributed by atoms with Gasteiger partial charge in [0.2, 0.25) is 0 Å². The second-order valence-electron chi connectivity index (χ2n) is 3.11. The van der Waals surface area contributed by atoms with Crippen LogP contribution >= 0.6 is 0 Å². The van der Waals surface area contributed by atoms with Gasteiger partial charge < -0.3 is 4.74 Å². The van der Waals surface area contributed by atoms with Gasteiger partial charge in [-0.3, -0.25) is 0 Å². The summed E-state index contributed by atoms with van der Waals surface area (Å²) in [5.41, 5.74) is -0.239. The lowest BCUT2D eigenvalue weighted by molar-refractivity contribution is 0.0599. The van der Waals surface area contributed by atoms with E-state index in [0.717, 1.165) is 13.2 Å². The van der Waals surface area contributed by atoms with Gasteiger partial charge in [0, 0.05) is 5.56 Å². The number of carbonyl (C=O) groups is 1. The highest BCUT2D eigenvalue weighted by molar-refractivity contribution is 5.94. The third-order valence-corrected chi connectivity index (χ3v) is 2.25. The summed E-state index contributed by atoms with van der Waals surface area (Å²) in [6, 6.07) is 4.11. The Labute approximate surface area is 91.3 Å². The molecule has 0 N–H and O–H groups in total. The molecule has 0 fully saturated rings. The van der Waals surface area contributed by atoms with Gasteiger partial charge in [-0.15, -0.1) is 0 Å². The van der Waals surface area contributed by atoms with Crippen LogP contribution in [0, 0.1) is 18.3 Å². The molecule has 1 rings (SSSR count). The van der Waals surface area contributed by atoms with E-state index in [2.05, 4.69) is 4.74 Å². The minimum absolute atomic E-state index is 0.0359. The predicted octanol–water partition coefficient (Wildman–Crippen LogP) is 2.59. The number of nitriles is 1. The number of halogens is 2. The van der Waals surface area contributed by atoms with Crippen molar-refractivity contribution in [1.82, 2.24) is 0 Å². The summed E-state index contributed by atoms with van der Waals surface area (Å²) in [6.45, 7) is 1.37. The molecular formula is C11H9F2NO2. The van der Waals surface area contributed by atoms with Crippen molar-refractivity contribution in [3.8, 4) is 6.07 Å². The molecule has 1 aromatic rings. The van der Waals surface area contributed by atoms with Crippen LogP contribution in [0.2, 0.25) is 0 Å². The summed E-state index contributed by atoms with van der Waals surface area (Å²) >= 11 is 0. The fourth-order valence-electron chi connectivity index (χ4n) is 1.42. The predicted molar refractivity (Wildman–Crippen MR) is 52.2 cm³/mol. The first-order valence-corrected chi connectivity index (χ1v) is 4.43. The van der Waals surface area contributed by atoms with Crippen molar-refractivity contribution in [1.29, 1.82) is 5.26 Å². The molecule has 16 heavy (non-hydrogen) atoms. The summed E-state index contributed by atoms with van der Waals surface area (Å²) < 4.78 is 29.6. The molecule has 0 saturated heterocycles. The molecule has 0 aliphatic rings. The average Bonchev–Trinajstić information content (AvgIpc) is 2.26. The van der Waals surface area contributed by atoms with Crippen LogP contribution < -0.4 is 0 Å². The average molecular weight is 225 g/mol. The number of nitrogens with zero attached hydrogens (tertiary/aromatic N) is 1. The van der Waals surface area contributed by atoms with Gasteiger partial charge in [0.25, 0.3) is 6.43 Å². The van der Waals surface area contributed by atoms with Crippen LogP contribution in [0.1, 0.15) is 33.5 Å². The third kappa shape index (κ3) is 2.01. The molecule has 0 aromatic heterocycles. The van der Waals surface area contributed by atoms with Gasteiger partial charge in [0.15, 0.2) is 0 Å². The van der Waals surface area contributed by atoms with Gasteiger partial charge in [0.05, 0.1) is 18.2 Å². The monoisotopic (exact) mass is 225 g/mol. The Morgan fingerprint density at radius 3 is 2.56 bits per heavy atom. The Morgan fingerprint density at radius 2 is 2.12 bits per heavy atom. The standard InChI is InChI=1S/C11H9F2NO2/c1-6-8(10(12)13)4-3-7(5-14)9(6)11(15)16-2/h3-4,10H,1-2H3. The molecule has 0 amide bonds. The van der Waals surface area contributed by atoms with Crippen molar-refractivity contribution < 1.29 is 18.3 Å².